The first-order chi connectivity index (χ1) is 8.93. The first kappa shape index (κ1) is 15.7. The molecule has 2 N–H and O–H groups in total. The molecule has 104 valence electrons. The Hall–Kier alpha value is -1.35. The molecule has 0 fully saturated rings. The molecule has 4 nitrogen and oxygen atoms in total. The summed E-state index contributed by atoms with van der Waals surface area (Å²) in [5, 5.41) is 8.63. The minimum atomic E-state index is -3.23. The second-order valence-corrected chi connectivity index (χ2v) is 6.51. The molecule has 0 saturated heterocycles. The molecule has 0 aliphatic heterocycles. The molecule has 0 aliphatic carbocycles. The molecule has 19 heavy (non-hydrogen) atoms. The fourth-order valence-electron chi connectivity index (χ4n) is 1.59. The van der Waals surface area contributed by atoms with Crippen molar-refractivity contribution in [2.45, 2.75) is 20.4 Å². The molecule has 1 aromatic rings. The Kier molecular flexibility index (Phi) is 6.03. The van der Waals surface area contributed by atoms with Gasteiger partial charge >= 0.3 is 0 Å². The van der Waals surface area contributed by atoms with Crippen molar-refractivity contribution in [3.8, 4) is 11.8 Å². The van der Waals surface area contributed by atoms with E-state index in [1.807, 2.05) is 32.0 Å². The van der Waals surface area contributed by atoms with E-state index >= 15 is 0 Å². The Morgan fingerprint density at radius 3 is 2.74 bits per heavy atom. The van der Waals surface area contributed by atoms with E-state index in [9.17, 15) is 8.42 Å². The van der Waals surface area contributed by atoms with Crippen LogP contribution in [0.15, 0.2) is 24.3 Å². The highest BCUT2D eigenvalue weighted by Crippen LogP contribution is 2.05. The highest BCUT2D eigenvalue weighted by molar-refractivity contribution is 7.89. The predicted molar refractivity (Wildman–Crippen MR) is 75.9 cm³/mol. The number of sulfonamides is 1. The summed E-state index contributed by atoms with van der Waals surface area (Å²) in [6.07, 6.45) is 0. The quantitative estimate of drug-likeness (QED) is 0.794. The molecule has 0 radical (unpaired) electrons. The maximum absolute atomic E-state index is 11.7. The van der Waals surface area contributed by atoms with Crippen molar-refractivity contribution in [2.75, 3.05) is 12.4 Å². The van der Waals surface area contributed by atoms with Crippen LogP contribution in [0.1, 0.15) is 25.0 Å². The second-order valence-electron chi connectivity index (χ2n) is 4.66. The lowest BCUT2D eigenvalue weighted by molar-refractivity contribution is 0.350. The van der Waals surface area contributed by atoms with Crippen LogP contribution >= 0.6 is 0 Å². The third-order valence-corrected chi connectivity index (χ3v) is 3.98. The molecule has 0 unspecified atom stereocenters. The van der Waals surface area contributed by atoms with E-state index in [4.69, 9.17) is 5.11 Å². The summed E-state index contributed by atoms with van der Waals surface area (Å²) in [6.45, 7) is 3.80. The number of aliphatic hydroxyl groups excluding tert-OH is 1. The summed E-state index contributed by atoms with van der Waals surface area (Å²) in [5.74, 6) is 5.56. The van der Waals surface area contributed by atoms with Crippen LogP contribution in [0.4, 0.5) is 0 Å². The van der Waals surface area contributed by atoms with Gasteiger partial charge in [0, 0.05) is 12.1 Å². The lowest BCUT2D eigenvalue weighted by Crippen LogP contribution is -2.28. The third-order valence-electron chi connectivity index (χ3n) is 2.29. The molecular formula is C14H19NO3S. The van der Waals surface area contributed by atoms with Gasteiger partial charge in [-0.2, -0.15) is 0 Å². The maximum Gasteiger partial charge on any atom is 0.212 e. The minimum Gasteiger partial charge on any atom is -0.384 e. The normalized spacial score (nSPS) is 11.2. The smallest absolute Gasteiger partial charge is 0.212 e. The molecular weight excluding hydrogens is 262 g/mol. The van der Waals surface area contributed by atoms with Crippen molar-refractivity contribution in [3.05, 3.63) is 35.4 Å². The summed E-state index contributed by atoms with van der Waals surface area (Å²) >= 11 is 0. The van der Waals surface area contributed by atoms with Gasteiger partial charge in [-0.1, -0.05) is 37.8 Å². The molecule has 0 aromatic heterocycles. The van der Waals surface area contributed by atoms with Gasteiger partial charge in [0.1, 0.15) is 6.61 Å². The predicted octanol–water partition coefficient (Wildman–Crippen LogP) is 1.11. The molecule has 0 heterocycles. The summed E-state index contributed by atoms with van der Waals surface area (Å²) in [4.78, 5) is 0. The standard InChI is InChI=1S/C14H19NO3S/c1-12(2)11-19(17,18)15-10-14-6-3-5-13(9-14)7-4-8-16/h3,5-6,9,12,15-16H,8,10-11H2,1-2H3. The summed E-state index contributed by atoms with van der Waals surface area (Å²) in [6, 6.07) is 7.27. The van der Waals surface area contributed by atoms with Crippen LogP contribution in [-0.4, -0.2) is 25.9 Å². The highest BCUT2D eigenvalue weighted by Gasteiger charge is 2.12. The summed E-state index contributed by atoms with van der Waals surface area (Å²) < 4.78 is 26.0. The van der Waals surface area contributed by atoms with Crippen molar-refractivity contribution in [1.82, 2.24) is 4.72 Å². The number of aliphatic hydroxyl groups is 1. The van der Waals surface area contributed by atoms with Crippen LogP contribution in [0.5, 0.6) is 0 Å². The van der Waals surface area contributed by atoms with Gasteiger partial charge in [0.2, 0.25) is 10.0 Å². The van der Waals surface area contributed by atoms with Gasteiger partial charge in [-0.05, 0) is 23.6 Å². The number of rotatable bonds is 5. The van der Waals surface area contributed by atoms with E-state index in [1.165, 1.54) is 0 Å². The average molecular weight is 281 g/mol. The van der Waals surface area contributed by atoms with Gasteiger partial charge in [-0.15, -0.1) is 0 Å². The zero-order valence-electron chi connectivity index (χ0n) is 11.2. The summed E-state index contributed by atoms with van der Waals surface area (Å²) in [5.41, 5.74) is 1.60. The molecule has 5 heteroatoms. The van der Waals surface area contributed by atoms with E-state index < -0.39 is 10.0 Å². The van der Waals surface area contributed by atoms with Crippen molar-refractivity contribution in [3.63, 3.8) is 0 Å². The van der Waals surface area contributed by atoms with E-state index in [0.29, 0.717) is 0 Å². The molecule has 0 atom stereocenters. The topological polar surface area (TPSA) is 66.4 Å². The Balaban J connectivity index is 2.68. The van der Waals surface area contributed by atoms with E-state index in [0.717, 1.165) is 11.1 Å². The van der Waals surface area contributed by atoms with E-state index in [1.54, 1.807) is 6.07 Å². The Morgan fingerprint density at radius 1 is 1.37 bits per heavy atom. The van der Waals surface area contributed by atoms with Gasteiger partial charge < -0.3 is 5.11 Å². The van der Waals surface area contributed by atoms with Crippen LogP contribution in [0.2, 0.25) is 0 Å². The zero-order valence-corrected chi connectivity index (χ0v) is 12.0. The van der Waals surface area contributed by atoms with E-state index in [2.05, 4.69) is 16.6 Å². The highest BCUT2D eigenvalue weighted by atomic mass is 32.2. The molecule has 1 rings (SSSR count). The summed E-state index contributed by atoms with van der Waals surface area (Å²) in [7, 11) is -3.23. The maximum atomic E-state index is 11.7. The molecule has 0 amide bonds. The molecule has 0 bridgehead atoms. The molecule has 1 aromatic carbocycles. The fraction of sp³-hybridized carbons (Fsp3) is 0.429. The Morgan fingerprint density at radius 2 is 2.11 bits per heavy atom. The van der Waals surface area contributed by atoms with Gasteiger partial charge in [-0.25, -0.2) is 13.1 Å². The first-order valence-electron chi connectivity index (χ1n) is 6.09. The number of nitrogens with one attached hydrogen (secondary N) is 1. The molecule has 0 saturated carbocycles. The van der Waals surface area contributed by atoms with Crippen molar-refractivity contribution in [1.29, 1.82) is 0 Å². The van der Waals surface area contributed by atoms with Crippen LogP contribution in [0.25, 0.3) is 0 Å². The Bertz CT molecular complexity index is 568. The van der Waals surface area contributed by atoms with Crippen LogP contribution in [0, 0.1) is 17.8 Å². The van der Waals surface area contributed by atoms with Gasteiger partial charge in [0.15, 0.2) is 0 Å². The SMILES string of the molecule is CC(C)CS(=O)(=O)NCc1cccc(C#CCO)c1. The number of hydrogen-bond acceptors (Lipinski definition) is 3. The van der Waals surface area contributed by atoms with Crippen molar-refractivity contribution < 1.29 is 13.5 Å². The molecule has 0 spiro atoms. The van der Waals surface area contributed by atoms with Gasteiger partial charge in [-0.3, -0.25) is 0 Å². The lowest BCUT2D eigenvalue weighted by atomic mass is 10.1. The molecule has 0 aliphatic rings. The number of benzene rings is 1. The van der Waals surface area contributed by atoms with E-state index in [-0.39, 0.29) is 24.8 Å². The minimum absolute atomic E-state index is 0.0965. The third kappa shape index (κ3) is 6.39. The average Bonchev–Trinajstić information content (AvgIpc) is 2.33. The lowest BCUT2D eigenvalue weighted by Gasteiger charge is -2.08. The van der Waals surface area contributed by atoms with Gasteiger partial charge in [0.05, 0.1) is 5.75 Å². The first-order valence-corrected chi connectivity index (χ1v) is 7.74. The monoisotopic (exact) mass is 281 g/mol. The largest absolute Gasteiger partial charge is 0.384 e. The number of hydrogen-bond donors (Lipinski definition) is 2. The van der Waals surface area contributed by atoms with Gasteiger partial charge in [0.25, 0.3) is 0 Å². The second kappa shape index (κ2) is 7.29. The van der Waals surface area contributed by atoms with Crippen LogP contribution < -0.4 is 4.72 Å². The zero-order chi connectivity index (χ0) is 14.3. The van der Waals surface area contributed by atoms with Crippen molar-refractivity contribution >= 4 is 10.0 Å². The van der Waals surface area contributed by atoms with Crippen molar-refractivity contribution in [2.24, 2.45) is 5.92 Å². The Labute approximate surface area is 114 Å². The van der Waals surface area contributed by atoms with Crippen LogP contribution in [-0.2, 0) is 16.6 Å². The van der Waals surface area contributed by atoms with Crippen LogP contribution in [0.3, 0.4) is 0 Å². The fourth-order valence-corrected chi connectivity index (χ4v) is 2.97.